The van der Waals surface area contributed by atoms with E-state index in [1.54, 1.807) is 6.08 Å². The fraction of sp³-hybridized carbons (Fsp3) is 0.919. The lowest BCUT2D eigenvalue weighted by molar-refractivity contribution is -0.124. The van der Waals surface area contributed by atoms with Gasteiger partial charge in [-0.15, -0.1) is 0 Å². The van der Waals surface area contributed by atoms with Crippen molar-refractivity contribution in [3.8, 4) is 0 Å². The fourth-order valence-electron chi connectivity index (χ4n) is 9.83. The second-order valence-electron chi connectivity index (χ2n) is 21.3. The largest absolute Gasteiger partial charge is 0.394 e. The summed E-state index contributed by atoms with van der Waals surface area (Å²) in [5.74, 6) is -0.318. The van der Waals surface area contributed by atoms with E-state index in [4.69, 9.17) is 0 Å². The van der Waals surface area contributed by atoms with Crippen LogP contribution in [-0.2, 0) is 4.79 Å². The standard InChI is InChI=1S/C62H121NO4/c1-3-5-7-9-11-13-15-17-19-21-23-25-27-29-30-32-33-35-37-39-41-43-45-47-49-51-53-55-59(65)57-62(67)63-60(58-64)61(66)56-54-52-50-48-46-44-42-40-38-36-34-31-28-26-24-22-20-18-16-14-12-10-8-6-4-2/h46,48,54,56,59-61,64-66H,3-45,47,49-53,55,57-58H2,1-2H3,(H,63,67)/b48-46+,56-54+. The molecule has 0 aliphatic carbocycles. The normalized spacial score (nSPS) is 13.3. The Labute approximate surface area is 420 Å². The van der Waals surface area contributed by atoms with Crippen LogP contribution >= 0.6 is 0 Å². The molecule has 0 saturated heterocycles. The van der Waals surface area contributed by atoms with E-state index in [1.165, 1.54) is 283 Å². The Morgan fingerprint density at radius 2 is 0.642 bits per heavy atom. The summed E-state index contributed by atoms with van der Waals surface area (Å²) >= 11 is 0. The molecule has 4 N–H and O–H groups in total. The van der Waals surface area contributed by atoms with E-state index in [0.717, 1.165) is 32.1 Å². The van der Waals surface area contributed by atoms with E-state index in [2.05, 4.69) is 31.3 Å². The van der Waals surface area contributed by atoms with E-state index in [-0.39, 0.29) is 18.9 Å². The first kappa shape index (κ1) is 65.8. The molecule has 0 heterocycles. The molecule has 1 amide bonds. The minimum atomic E-state index is -0.951. The molecule has 0 rings (SSSR count). The minimum Gasteiger partial charge on any atom is -0.394 e. The van der Waals surface area contributed by atoms with E-state index in [9.17, 15) is 20.1 Å². The maximum Gasteiger partial charge on any atom is 0.222 e. The van der Waals surface area contributed by atoms with Crippen LogP contribution in [0.3, 0.4) is 0 Å². The number of hydrogen-bond donors (Lipinski definition) is 4. The number of allylic oxidation sites excluding steroid dienone is 3. The molecule has 0 fully saturated rings. The molecule has 0 aromatic carbocycles. The molecule has 0 aliphatic heterocycles. The van der Waals surface area contributed by atoms with Crippen molar-refractivity contribution in [3.63, 3.8) is 0 Å². The molecular formula is C62H121NO4. The van der Waals surface area contributed by atoms with E-state index in [0.29, 0.717) is 6.42 Å². The van der Waals surface area contributed by atoms with Gasteiger partial charge in [-0.2, -0.15) is 0 Å². The fourth-order valence-corrected chi connectivity index (χ4v) is 9.83. The summed E-state index contributed by atoms with van der Waals surface area (Å²) in [6, 6.07) is -0.760. The predicted octanol–water partition coefficient (Wildman–Crippen LogP) is 19.2. The lowest BCUT2D eigenvalue weighted by Crippen LogP contribution is -2.45. The first-order chi connectivity index (χ1) is 33.0. The first-order valence-electron chi connectivity index (χ1n) is 30.6. The summed E-state index contributed by atoms with van der Waals surface area (Å²) in [6.45, 7) is 4.25. The van der Waals surface area contributed by atoms with Crippen LogP contribution in [0.15, 0.2) is 24.3 Å². The molecule has 3 atom stereocenters. The van der Waals surface area contributed by atoms with Gasteiger partial charge in [0.25, 0.3) is 0 Å². The van der Waals surface area contributed by atoms with E-state index in [1.807, 2.05) is 6.08 Å². The van der Waals surface area contributed by atoms with Crippen LogP contribution in [0, 0.1) is 0 Å². The number of hydrogen-bond acceptors (Lipinski definition) is 4. The third kappa shape index (κ3) is 54.0. The number of amides is 1. The molecule has 0 saturated carbocycles. The molecule has 0 bridgehead atoms. The Morgan fingerprint density at radius 1 is 0.373 bits per heavy atom. The Balaban J connectivity index is 3.54. The number of aliphatic hydroxyl groups is 3. The van der Waals surface area contributed by atoms with Gasteiger partial charge in [-0.05, 0) is 32.1 Å². The van der Waals surface area contributed by atoms with Crippen molar-refractivity contribution in [3.05, 3.63) is 24.3 Å². The number of aliphatic hydroxyl groups excluding tert-OH is 3. The predicted molar refractivity (Wildman–Crippen MR) is 296 cm³/mol. The van der Waals surface area contributed by atoms with Gasteiger partial charge in [-0.3, -0.25) is 4.79 Å². The zero-order valence-corrected chi connectivity index (χ0v) is 45.6. The third-order valence-corrected chi connectivity index (χ3v) is 14.5. The zero-order valence-electron chi connectivity index (χ0n) is 45.6. The van der Waals surface area contributed by atoms with Crippen molar-refractivity contribution >= 4 is 5.91 Å². The highest BCUT2D eigenvalue weighted by atomic mass is 16.3. The Morgan fingerprint density at radius 3 is 0.955 bits per heavy atom. The Kier molecular flexibility index (Phi) is 56.4. The summed E-state index contributed by atoms with van der Waals surface area (Å²) in [7, 11) is 0. The smallest absolute Gasteiger partial charge is 0.222 e. The molecule has 5 nitrogen and oxygen atoms in total. The second kappa shape index (κ2) is 57.4. The average molecular weight is 945 g/mol. The lowest BCUT2D eigenvalue weighted by atomic mass is 10.0. The van der Waals surface area contributed by atoms with Crippen LogP contribution in [0.1, 0.15) is 341 Å². The first-order valence-corrected chi connectivity index (χ1v) is 30.6. The van der Waals surface area contributed by atoms with Crippen LogP contribution in [0.5, 0.6) is 0 Å². The summed E-state index contributed by atoms with van der Waals surface area (Å²) in [4.78, 5) is 12.5. The van der Waals surface area contributed by atoms with Crippen molar-refractivity contribution < 1.29 is 20.1 Å². The topological polar surface area (TPSA) is 89.8 Å². The van der Waals surface area contributed by atoms with Gasteiger partial charge in [0.1, 0.15) is 0 Å². The van der Waals surface area contributed by atoms with E-state index < -0.39 is 18.2 Å². The average Bonchev–Trinajstić information content (AvgIpc) is 3.32. The zero-order chi connectivity index (χ0) is 48.6. The van der Waals surface area contributed by atoms with Gasteiger partial charge >= 0.3 is 0 Å². The maximum atomic E-state index is 12.5. The summed E-state index contributed by atoms with van der Waals surface area (Å²) < 4.78 is 0. The van der Waals surface area contributed by atoms with Crippen LogP contribution in [0.2, 0.25) is 0 Å². The van der Waals surface area contributed by atoms with Gasteiger partial charge in [0.15, 0.2) is 0 Å². The van der Waals surface area contributed by atoms with Crippen LogP contribution < -0.4 is 5.32 Å². The summed E-state index contributed by atoms with van der Waals surface area (Å²) in [6.07, 6.45) is 73.9. The van der Waals surface area contributed by atoms with Crippen molar-refractivity contribution in [2.75, 3.05) is 6.61 Å². The number of carbonyl (C=O) groups is 1. The SMILES string of the molecule is CCCCCCCCCCCCCCCCCCCCC/C=C/CC/C=C/C(O)C(CO)NC(=O)CC(O)CCCCCCCCCCCCCCCCCCCCCCCCCCCCC. The molecule has 0 spiro atoms. The summed E-state index contributed by atoms with van der Waals surface area (Å²) in [5.41, 5.74) is 0. The van der Waals surface area contributed by atoms with Crippen molar-refractivity contribution in [2.45, 2.75) is 360 Å². The molecule has 0 aromatic heterocycles. The molecule has 398 valence electrons. The highest BCUT2D eigenvalue weighted by molar-refractivity contribution is 5.76. The quantitative estimate of drug-likeness (QED) is 0.0361. The molecule has 0 aromatic rings. The molecule has 3 unspecified atom stereocenters. The monoisotopic (exact) mass is 944 g/mol. The van der Waals surface area contributed by atoms with Gasteiger partial charge < -0.3 is 20.6 Å². The van der Waals surface area contributed by atoms with Crippen LogP contribution in [0.25, 0.3) is 0 Å². The third-order valence-electron chi connectivity index (χ3n) is 14.5. The van der Waals surface area contributed by atoms with Crippen LogP contribution in [-0.4, -0.2) is 46.1 Å². The molecule has 0 radical (unpaired) electrons. The maximum absolute atomic E-state index is 12.5. The summed E-state index contributed by atoms with van der Waals surface area (Å²) in [5, 5.41) is 33.5. The van der Waals surface area contributed by atoms with Gasteiger partial charge in [0.05, 0.1) is 31.3 Å². The van der Waals surface area contributed by atoms with Crippen molar-refractivity contribution in [2.24, 2.45) is 0 Å². The van der Waals surface area contributed by atoms with Gasteiger partial charge in [0, 0.05) is 0 Å². The highest BCUT2D eigenvalue weighted by Gasteiger charge is 2.20. The Hall–Kier alpha value is -1.17. The Bertz CT molecular complexity index is 998. The highest BCUT2D eigenvalue weighted by Crippen LogP contribution is 2.18. The number of nitrogens with one attached hydrogen (secondary N) is 1. The van der Waals surface area contributed by atoms with Gasteiger partial charge in [0.2, 0.25) is 5.91 Å². The number of unbranched alkanes of at least 4 members (excludes halogenated alkanes) is 46. The van der Waals surface area contributed by atoms with Crippen molar-refractivity contribution in [1.29, 1.82) is 0 Å². The van der Waals surface area contributed by atoms with Crippen LogP contribution in [0.4, 0.5) is 0 Å². The van der Waals surface area contributed by atoms with Crippen molar-refractivity contribution in [1.82, 2.24) is 5.32 Å². The minimum absolute atomic E-state index is 0.0106. The molecule has 67 heavy (non-hydrogen) atoms. The molecule has 0 aliphatic rings. The van der Waals surface area contributed by atoms with Gasteiger partial charge in [-0.25, -0.2) is 0 Å². The van der Waals surface area contributed by atoms with Gasteiger partial charge in [-0.1, -0.05) is 327 Å². The van der Waals surface area contributed by atoms with E-state index >= 15 is 0 Å². The number of rotatable bonds is 57. The lowest BCUT2D eigenvalue weighted by Gasteiger charge is -2.21. The molecule has 5 heteroatoms. The molecular weight excluding hydrogens is 823 g/mol. The number of carbonyl (C=O) groups excluding carboxylic acids is 1. The second-order valence-corrected chi connectivity index (χ2v) is 21.3.